The van der Waals surface area contributed by atoms with Crippen molar-refractivity contribution in [1.29, 1.82) is 0 Å². The van der Waals surface area contributed by atoms with Crippen molar-refractivity contribution in [3.63, 3.8) is 0 Å². The summed E-state index contributed by atoms with van der Waals surface area (Å²) in [5, 5.41) is 0.514. The highest BCUT2D eigenvalue weighted by molar-refractivity contribution is 6.63. The lowest BCUT2D eigenvalue weighted by Gasteiger charge is -2.55. The number of halogens is 1. The topological polar surface area (TPSA) is 44.2 Å². The average molecular weight is 1580 g/mol. The summed E-state index contributed by atoms with van der Waals surface area (Å²) in [7, 11) is -0.527. The number of aromatic nitrogens is 2. The second-order valence-electron chi connectivity index (χ2n) is 34.5. The van der Waals surface area contributed by atoms with Gasteiger partial charge in [0.15, 0.2) is 0 Å². The molecule has 4 spiro atoms. The predicted molar refractivity (Wildman–Crippen MR) is 500 cm³/mol. The summed E-state index contributed by atoms with van der Waals surface area (Å²) < 4.78 is 13.9. The summed E-state index contributed by atoms with van der Waals surface area (Å²) in [5.74, 6) is 0.149. The van der Waals surface area contributed by atoms with Crippen LogP contribution in [0.1, 0.15) is 112 Å². The van der Waals surface area contributed by atoms with Crippen molar-refractivity contribution in [1.82, 2.24) is 9.97 Å². The molecule has 6 heteroatoms. The molecular formula is C116H84BClN2O2. The van der Waals surface area contributed by atoms with Gasteiger partial charge in [-0.3, -0.25) is 0 Å². The lowest BCUT2D eigenvalue weighted by molar-refractivity contribution is 0.00578. The van der Waals surface area contributed by atoms with Gasteiger partial charge in [0.25, 0.3) is 0 Å². The minimum Gasteiger partial charge on any atom is -0.399 e. The van der Waals surface area contributed by atoms with Gasteiger partial charge in [-0.1, -0.05) is 406 Å². The van der Waals surface area contributed by atoms with Crippen LogP contribution in [0.5, 0.6) is 0 Å². The van der Waals surface area contributed by atoms with Crippen LogP contribution in [0.4, 0.5) is 0 Å². The number of hydrogen-bond donors (Lipinski definition) is 0. The molecule has 0 N–H and O–H groups in total. The van der Waals surface area contributed by atoms with Crippen LogP contribution in [0.15, 0.2) is 424 Å². The minimum atomic E-state index is -0.572. The van der Waals surface area contributed by atoms with E-state index >= 15 is 0 Å². The van der Waals surface area contributed by atoms with Crippen molar-refractivity contribution in [2.45, 2.75) is 67.0 Å². The van der Waals surface area contributed by atoms with E-state index in [0.717, 1.165) is 56.8 Å². The van der Waals surface area contributed by atoms with E-state index in [-0.39, 0.29) is 5.92 Å². The molecule has 122 heavy (non-hydrogen) atoms. The molecule has 8 aliphatic rings. The fraction of sp³-hybridized carbons (Fsp3) is 0.103. The van der Waals surface area contributed by atoms with E-state index in [2.05, 4.69) is 397 Å². The van der Waals surface area contributed by atoms with Gasteiger partial charge in [-0.25, -0.2) is 9.97 Å². The normalized spacial score (nSPS) is 16.8. The standard InChI is InChI=1S/C55H37N.C44H35BO2.C17H12ClN/c1-3-18-36(19-4-1)38-34-51(37-20-5-2-6-21-37)56-52(35-38)43-26-17-33-50-53(43)55(46-29-13-9-24-41(46)42-25-10-14-30-47(42)55)49-32-16-15-31-48(49)54(50)44-27-11-7-22-39(44)40-23-8-12-28-45(40)54;1-41(2)42(3,4)47-45(46-41)39-27-15-26-38-40(39)44(34-22-11-7-18-30(34)31-19-8-12-23-35(31)44)37-25-14-13-24-36(37)43(38)32-20-9-5-16-28(32)29-17-6-10-21-33(29)43;18-17-12-15(13-7-3-1-4-8-13)11-16(19-17)14-9-5-2-6-10-14/h1-31,33-35,49H,32H2;5-27H,1-4H3;1-12H. The molecule has 580 valence electrons. The second-order valence-corrected chi connectivity index (χ2v) is 34.9. The number of hydrogen-bond acceptors (Lipinski definition) is 4. The highest BCUT2D eigenvalue weighted by atomic mass is 35.5. The maximum atomic E-state index is 6.95. The Bertz CT molecular complexity index is 6850. The van der Waals surface area contributed by atoms with Crippen LogP contribution < -0.4 is 5.46 Å². The monoisotopic (exact) mass is 1580 g/mol. The van der Waals surface area contributed by atoms with Crippen molar-refractivity contribution < 1.29 is 9.31 Å². The Morgan fingerprint density at radius 3 is 1.05 bits per heavy atom. The lowest BCUT2D eigenvalue weighted by Crippen LogP contribution is -2.50. The Morgan fingerprint density at radius 2 is 0.598 bits per heavy atom. The number of nitrogens with zero attached hydrogens (tertiary/aromatic N) is 2. The Labute approximate surface area is 719 Å². The van der Waals surface area contributed by atoms with Gasteiger partial charge in [-0.2, -0.15) is 0 Å². The van der Waals surface area contributed by atoms with E-state index in [0.29, 0.717) is 5.15 Å². The first-order chi connectivity index (χ1) is 59.9. The Morgan fingerprint density at radius 1 is 0.279 bits per heavy atom. The maximum absolute atomic E-state index is 6.95. The van der Waals surface area contributed by atoms with Crippen LogP contribution in [0.2, 0.25) is 5.15 Å². The Hall–Kier alpha value is -13.6. The largest absolute Gasteiger partial charge is 0.495 e. The lowest BCUT2D eigenvalue weighted by atomic mass is 9.46. The quantitative estimate of drug-likeness (QED) is 0.123. The van der Waals surface area contributed by atoms with E-state index in [9.17, 15) is 0 Å². The molecule has 2 aromatic heterocycles. The van der Waals surface area contributed by atoms with Gasteiger partial charge in [0.2, 0.25) is 0 Å². The van der Waals surface area contributed by atoms with Crippen molar-refractivity contribution in [3.05, 3.63) is 507 Å². The number of rotatable bonds is 6. The third-order valence-electron chi connectivity index (χ3n) is 28.2. The van der Waals surface area contributed by atoms with Gasteiger partial charge in [0, 0.05) is 22.6 Å². The van der Waals surface area contributed by atoms with Crippen LogP contribution >= 0.6 is 11.6 Å². The van der Waals surface area contributed by atoms with Crippen LogP contribution in [0.3, 0.4) is 0 Å². The predicted octanol–water partition coefficient (Wildman–Crippen LogP) is 27.3. The van der Waals surface area contributed by atoms with Crippen LogP contribution in [-0.2, 0) is 31.0 Å². The summed E-state index contributed by atoms with van der Waals surface area (Å²) in [6.45, 7) is 8.61. The maximum Gasteiger partial charge on any atom is 0.495 e. The van der Waals surface area contributed by atoms with E-state index in [1.807, 2.05) is 54.6 Å². The zero-order chi connectivity index (χ0) is 81.7. The molecule has 0 saturated carbocycles. The first kappa shape index (κ1) is 73.5. The fourth-order valence-electron chi connectivity index (χ4n) is 22.8. The van der Waals surface area contributed by atoms with Crippen molar-refractivity contribution in [2.75, 3.05) is 0 Å². The first-order valence-corrected chi connectivity index (χ1v) is 43.1. The molecule has 0 radical (unpaired) electrons. The van der Waals surface area contributed by atoms with Gasteiger partial charge in [0.1, 0.15) is 5.15 Å². The van der Waals surface area contributed by atoms with Crippen LogP contribution in [0.25, 0.3) is 101 Å². The number of pyridine rings is 2. The average Bonchev–Trinajstić information content (AvgIpc) is 1.45. The fourth-order valence-corrected chi connectivity index (χ4v) is 23.0. The van der Waals surface area contributed by atoms with Crippen LogP contribution in [0, 0.1) is 5.92 Å². The van der Waals surface area contributed by atoms with Gasteiger partial charge >= 0.3 is 7.12 Å². The zero-order valence-electron chi connectivity index (χ0n) is 68.3. The van der Waals surface area contributed by atoms with Gasteiger partial charge in [-0.05, 0) is 214 Å². The van der Waals surface area contributed by atoms with E-state index < -0.39 is 40.0 Å². The summed E-state index contributed by atoms with van der Waals surface area (Å²) in [5.41, 5.74) is 39.6. The SMILES string of the molecule is C1=CCC2C(=C1)C1(c3ccccc3-c3ccccc31)c1cccc(-c3cc(-c4ccccc4)cc(-c4ccccc4)n3)c1C21c2ccccc2-c2ccccc21.CC1(C)OB(c2cccc3c2C2(c4ccccc4-c4ccccc42)c2ccccc2C32c3ccccc3-c3ccccc32)OC1(C)C.Clc1cc(-c2ccccc2)cc(-c2ccccc2)n1. The summed E-state index contributed by atoms with van der Waals surface area (Å²) >= 11 is 6.14. The molecule has 0 bridgehead atoms. The third kappa shape index (κ3) is 10.5. The smallest absolute Gasteiger partial charge is 0.399 e. The van der Waals surface area contributed by atoms with E-state index in [1.54, 1.807) is 0 Å². The summed E-state index contributed by atoms with van der Waals surface area (Å²) in [4.78, 5) is 10.0. The Kier molecular flexibility index (Phi) is 17.0. The molecular weight excluding hydrogens is 1500 g/mol. The minimum absolute atomic E-state index is 0.149. The summed E-state index contributed by atoms with van der Waals surface area (Å²) in [6, 6.07) is 146. The van der Waals surface area contributed by atoms with Crippen molar-refractivity contribution in [3.8, 4) is 101 Å². The first-order valence-electron chi connectivity index (χ1n) is 42.7. The van der Waals surface area contributed by atoms with Gasteiger partial charge < -0.3 is 9.31 Å². The molecule has 1 atom stereocenters. The third-order valence-corrected chi connectivity index (χ3v) is 28.4. The second kappa shape index (κ2) is 28.2. The molecule has 17 aromatic rings. The highest BCUT2D eigenvalue weighted by Crippen LogP contribution is 2.73. The zero-order valence-corrected chi connectivity index (χ0v) is 69.0. The number of fused-ring (bicyclic) bond motifs is 32. The van der Waals surface area contributed by atoms with Gasteiger partial charge in [0.05, 0.1) is 49.9 Å². The van der Waals surface area contributed by atoms with Crippen LogP contribution in [-0.4, -0.2) is 28.3 Å². The van der Waals surface area contributed by atoms with Crippen molar-refractivity contribution >= 4 is 24.2 Å². The molecule has 4 nitrogen and oxygen atoms in total. The van der Waals surface area contributed by atoms with Gasteiger partial charge in [-0.15, -0.1) is 0 Å². The number of benzene rings is 15. The Balaban J connectivity index is 0.000000118. The molecule has 0 amide bonds. The molecule has 7 aliphatic carbocycles. The molecule has 25 rings (SSSR count). The molecule has 1 aliphatic heterocycles. The summed E-state index contributed by atoms with van der Waals surface area (Å²) in [6.07, 6.45) is 8.15. The molecule has 1 saturated heterocycles. The molecule has 1 fully saturated rings. The van der Waals surface area contributed by atoms with E-state index in [1.165, 1.54) is 139 Å². The number of allylic oxidation sites excluding steroid dienone is 4. The van der Waals surface area contributed by atoms with E-state index in [4.69, 9.17) is 25.9 Å². The highest BCUT2D eigenvalue weighted by Gasteiger charge is 2.65. The molecule has 1 unspecified atom stereocenters. The van der Waals surface area contributed by atoms with Crippen molar-refractivity contribution in [2.24, 2.45) is 5.92 Å². The molecule has 3 heterocycles. The molecule has 15 aromatic carbocycles.